The molecule has 7 nitrogen and oxygen atoms in total. The predicted molar refractivity (Wildman–Crippen MR) is 93.5 cm³/mol. The van der Waals surface area contributed by atoms with E-state index >= 15 is 0 Å². The molecule has 0 spiro atoms. The highest BCUT2D eigenvalue weighted by Gasteiger charge is 2.24. The molecule has 0 aliphatic carbocycles. The summed E-state index contributed by atoms with van der Waals surface area (Å²) in [4.78, 5) is 10.7. The Morgan fingerprint density at radius 3 is 3.08 bits per heavy atom. The van der Waals surface area contributed by atoms with E-state index in [0.29, 0.717) is 32.3 Å². The predicted octanol–water partition coefficient (Wildman–Crippen LogP) is 1.02. The van der Waals surface area contributed by atoms with E-state index in [0.717, 1.165) is 37.8 Å². The van der Waals surface area contributed by atoms with E-state index in [-0.39, 0.29) is 0 Å². The van der Waals surface area contributed by atoms with Crippen molar-refractivity contribution in [3.8, 4) is 5.75 Å². The number of nitrogens with one attached hydrogen (secondary N) is 1. The smallest absolute Gasteiger partial charge is 0.193 e. The molecule has 0 bridgehead atoms. The van der Waals surface area contributed by atoms with Crippen molar-refractivity contribution in [1.29, 1.82) is 0 Å². The topological polar surface area (TPSA) is 68.2 Å². The number of aliphatic imine (C=N–C) groups is 1. The number of aromatic nitrogens is 1. The summed E-state index contributed by atoms with van der Waals surface area (Å²) >= 11 is 0. The van der Waals surface area contributed by atoms with Gasteiger partial charge in [0, 0.05) is 39.4 Å². The average Bonchev–Trinajstić information content (AvgIpc) is 3.08. The van der Waals surface area contributed by atoms with Crippen molar-refractivity contribution >= 4 is 5.96 Å². The maximum atomic E-state index is 5.63. The van der Waals surface area contributed by atoms with Gasteiger partial charge in [-0.1, -0.05) is 0 Å². The van der Waals surface area contributed by atoms with Crippen molar-refractivity contribution in [1.82, 2.24) is 15.2 Å². The minimum atomic E-state index is 0.548. The Labute approximate surface area is 144 Å². The molecule has 1 atom stereocenters. The Bertz CT molecular complexity index is 484. The molecule has 1 aromatic rings. The summed E-state index contributed by atoms with van der Waals surface area (Å²) in [5.41, 5.74) is 0. The van der Waals surface area contributed by atoms with Crippen LogP contribution in [-0.2, 0) is 9.47 Å². The molecule has 24 heavy (non-hydrogen) atoms. The van der Waals surface area contributed by atoms with Crippen LogP contribution in [0.1, 0.15) is 6.42 Å². The van der Waals surface area contributed by atoms with Crippen LogP contribution in [-0.4, -0.2) is 76.1 Å². The second-order valence-corrected chi connectivity index (χ2v) is 5.68. The molecule has 0 aromatic carbocycles. The van der Waals surface area contributed by atoms with Gasteiger partial charge < -0.3 is 24.4 Å². The summed E-state index contributed by atoms with van der Waals surface area (Å²) in [6.07, 6.45) is 4.57. The van der Waals surface area contributed by atoms with Gasteiger partial charge in [0.2, 0.25) is 0 Å². The molecule has 1 fully saturated rings. The molecule has 0 saturated carbocycles. The first-order chi connectivity index (χ1) is 11.8. The highest BCUT2D eigenvalue weighted by Crippen LogP contribution is 2.16. The molecule has 2 rings (SSSR count). The maximum Gasteiger partial charge on any atom is 0.193 e. The van der Waals surface area contributed by atoms with E-state index in [2.05, 4.69) is 20.2 Å². The van der Waals surface area contributed by atoms with Gasteiger partial charge in [0.25, 0.3) is 0 Å². The van der Waals surface area contributed by atoms with Gasteiger partial charge >= 0.3 is 0 Å². The molecule has 2 heterocycles. The van der Waals surface area contributed by atoms with Crippen LogP contribution in [0.25, 0.3) is 0 Å². The minimum absolute atomic E-state index is 0.548. The summed E-state index contributed by atoms with van der Waals surface area (Å²) < 4.78 is 16.2. The van der Waals surface area contributed by atoms with E-state index in [1.165, 1.54) is 0 Å². The second-order valence-electron chi connectivity index (χ2n) is 5.68. The third kappa shape index (κ3) is 6.33. The average molecular weight is 336 g/mol. The summed E-state index contributed by atoms with van der Waals surface area (Å²) in [6.45, 7) is 5.33. The molecule has 0 radical (unpaired) electrons. The lowest BCUT2D eigenvalue weighted by Crippen LogP contribution is -2.41. The van der Waals surface area contributed by atoms with Crippen LogP contribution >= 0.6 is 0 Å². The van der Waals surface area contributed by atoms with Crippen molar-refractivity contribution in [3.05, 3.63) is 24.5 Å². The number of guanidine groups is 1. The maximum absolute atomic E-state index is 5.63. The molecule has 1 aliphatic rings. The fraction of sp³-hybridized carbons (Fsp3) is 0.647. The standard InChI is InChI=1S/C17H28N4O3/c1-18-17(20-7-9-24-16-4-3-6-19-12-16)21-8-5-15(13-21)14-23-11-10-22-2/h3-4,6,12,15H,5,7-11,13-14H2,1-2H3,(H,18,20). The second kappa shape index (κ2) is 10.8. The summed E-state index contributed by atoms with van der Waals surface area (Å²) in [5, 5.41) is 3.35. The highest BCUT2D eigenvalue weighted by molar-refractivity contribution is 5.80. The summed E-state index contributed by atoms with van der Waals surface area (Å²) in [7, 11) is 3.50. The van der Waals surface area contributed by atoms with Gasteiger partial charge in [-0.05, 0) is 18.6 Å². The molecule has 7 heteroatoms. The molecular formula is C17H28N4O3. The van der Waals surface area contributed by atoms with Crippen molar-refractivity contribution in [2.45, 2.75) is 6.42 Å². The lowest BCUT2D eigenvalue weighted by Gasteiger charge is -2.21. The van der Waals surface area contributed by atoms with E-state index in [1.807, 2.05) is 19.2 Å². The van der Waals surface area contributed by atoms with Gasteiger partial charge in [-0.25, -0.2) is 0 Å². The molecule has 1 saturated heterocycles. The number of rotatable bonds is 9. The highest BCUT2D eigenvalue weighted by atomic mass is 16.5. The SMILES string of the molecule is CN=C(NCCOc1cccnc1)N1CCC(COCCOC)C1. The van der Waals surface area contributed by atoms with Crippen molar-refractivity contribution < 1.29 is 14.2 Å². The van der Waals surface area contributed by atoms with Gasteiger partial charge in [0.05, 0.1) is 32.6 Å². The number of likely N-dealkylation sites (tertiary alicyclic amines) is 1. The Balaban J connectivity index is 1.63. The molecule has 1 unspecified atom stereocenters. The first-order valence-corrected chi connectivity index (χ1v) is 8.38. The lowest BCUT2D eigenvalue weighted by molar-refractivity contribution is 0.0536. The number of hydrogen-bond donors (Lipinski definition) is 1. The first-order valence-electron chi connectivity index (χ1n) is 8.38. The van der Waals surface area contributed by atoms with Gasteiger partial charge in [0.15, 0.2) is 5.96 Å². The third-order valence-corrected chi connectivity index (χ3v) is 3.87. The van der Waals surface area contributed by atoms with Crippen molar-refractivity contribution in [3.63, 3.8) is 0 Å². The van der Waals surface area contributed by atoms with Crippen molar-refractivity contribution in [2.75, 3.05) is 60.2 Å². The lowest BCUT2D eigenvalue weighted by atomic mass is 10.1. The number of hydrogen-bond acceptors (Lipinski definition) is 5. The van der Waals surface area contributed by atoms with Gasteiger partial charge in [-0.15, -0.1) is 0 Å². The molecule has 0 amide bonds. The first kappa shape index (κ1) is 18.5. The summed E-state index contributed by atoms with van der Waals surface area (Å²) in [6, 6.07) is 3.76. The normalized spacial score (nSPS) is 18.0. The fourth-order valence-electron chi connectivity index (χ4n) is 2.65. The van der Waals surface area contributed by atoms with Crippen LogP contribution in [0, 0.1) is 5.92 Å². The van der Waals surface area contributed by atoms with E-state index < -0.39 is 0 Å². The van der Waals surface area contributed by atoms with Crippen LogP contribution in [0.5, 0.6) is 5.75 Å². The molecular weight excluding hydrogens is 308 g/mol. The van der Waals surface area contributed by atoms with Gasteiger partial charge in [-0.3, -0.25) is 9.98 Å². The van der Waals surface area contributed by atoms with Crippen LogP contribution in [0.15, 0.2) is 29.5 Å². The quantitative estimate of drug-likeness (QED) is 0.413. The Kier molecular flexibility index (Phi) is 8.34. The number of pyridine rings is 1. The molecule has 1 N–H and O–H groups in total. The number of ether oxygens (including phenoxy) is 3. The van der Waals surface area contributed by atoms with E-state index in [4.69, 9.17) is 14.2 Å². The van der Waals surface area contributed by atoms with Gasteiger partial charge in [-0.2, -0.15) is 0 Å². The Morgan fingerprint density at radius 1 is 1.42 bits per heavy atom. The van der Waals surface area contributed by atoms with Crippen LogP contribution in [0.2, 0.25) is 0 Å². The third-order valence-electron chi connectivity index (χ3n) is 3.87. The van der Waals surface area contributed by atoms with Gasteiger partial charge in [0.1, 0.15) is 12.4 Å². The summed E-state index contributed by atoms with van der Waals surface area (Å²) in [5.74, 6) is 2.25. The number of nitrogens with zero attached hydrogens (tertiary/aromatic N) is 3. The Hall–Kier alpha value is -1.86. The zero-order valence-electron chi connectivity index (χ0n) is 14.6. The number of methoxy groups -OCH3 is 1. The largest absolute Gasteiger partial charge is 0.490 e. The van der Waals surface area contributed by atoms with Crippen LogP contribution in [0.3, 0.4) is 0 Å². The van der Waals surface area contributed by atoms with E-state index in [9.17, 15) is 0 Å². The minimum Gasteiger partial charge on any atom is -0.490 e. The molecule has 1 aliphatic heterocycles. The zero-order chi connectivity index (χ0) is 17.0. The molecule has 134 valence electrons. The van der Waals surface area contributed by atoms with Crippen LogP contribution < -0.4 is 10.1 Å². The monoisotopic (exact) mass is 336 g/mol. The zero-order valence-corrected chi connectivity index (χ0v) is 14.6. The molecule has 1 aromatic heterocycles. The van der Waals surface area contributed by atoms with E-state index in [1.54, 1.807) is 19.5 Å². The van der Waals surface area contributed by atoms with Crippen LogP contribution in [0.4, 0.5) is 0 Å². The Morgan fingerprint density at radius 2 is 2.33 bits per heavy atom. The van der Waals surface area contributed by atoms with Crippen molar-refractivity contribution in [2.24, 2.45) is 10.9 Å². The fourth-order valence-corrected chi connectivity index (χ4v) is 2.65.